The van der Waals surface area contributed by atoms with E-state index in [1.807, 2.05) is 0 Å². The van der Waals surface area contributed by atoms with E-state index in [-0.39, 0.29) is 22.4 Å². The summed E-state index contributed by atoms with van der Waals surface area (Å²) in [5.41, 5.74) is 0.669. The minimum absolute atomic E-state index is 0.00579. The summed E-state index contributed by atoms with van der Waals surface area (Å²) >= 11 is 1.23. The monoisotopic (exact) mass is 390 g/mol. The Kier molecular flexibility index (Phi) is 4.32. The number of halogens is 1. The number of sulfone groups is 1. The predicted octanol–water partition coefficient (Wildman–Crippen LogP) is 2.74. The van der Waals surface area contributed by atoms with Crippen LogP contribution in [0.2, 0.25) is 0 Å². The second-order valence-corrected chi connectivity index (χ2v) is 9.55. The number of aliphatic imine (C=N–C) groups is 1. The topological polar surface area (TPSA) is 66.8 Å². The Balaban J connectivity index is 1.75. The van der Waals surface area contributed by atoms with Crippen molar-refractivity contribution < 1.29 is 17.6 Å². The van der Waals surface area contributed by atoms with Gasteiger partial charge in [-0.25, -0.2) is 12.8 Å². The van der Waals surface area contributed by atoms with Crippen LogP contribution in [0.1, 0.15) is 10.4 Å². The minimum Gasteiger partial charge on any atom is -0.313 e. The minimum atomic E-state index is -3.19. The van der Waals surface area contributed by atoms with Gasteiger partial charge in [-0.2, -0.15) is 4.99 Å². The maximum atomic E-state index is 14.4. The van der Waals surface area contributed by atoms with Crippen molar-refractivity contribution in [1.29, 1.82) is 0 Å². The van der Waals surface area contributed by atoms with Crippen LogP contribution in [0.25, 0.3) is 0 Å². The predicted molar refractivity (Wildman–Crippen MR) is 101 cm³/mol. The summed E-state index contributed by atoms with van der Waals surface area (Å²) in [5.74, 6) is -0.973. The Labute approximate surface area is 154 Å². The molecule has 2 fully saturated rings. The molecule has 134 valence electrons. The van der Waals surface area contributed by atoms with E-state index in [0.29, 0.717) is 10.7 Å². The molecule has 0 aliphatic carbocycles. The lowest BCUT2D eigenvalue weighted by atomic mass is 10.2. The summed E-state index contributed by atoms with van der Waals surface area (Å²) in [5, 5.41) is 0.0794. The largest absolute Gasteiger partial charge is 0.313 e. The summed E-state index contributed by atoms with van der Waals surface area (Å²) in [7, 11) is -3.19. The maximum absolute atomic E-state index is 14.4. The van der Waals surface area contributed by atoms with E-state index in [4.69, 9.17) is 0 Å². The Morgan fingerprint density at radius 3 is 2.50 bits per heavy atom. The normalized spacial score (nSPS) is 25.4. The molecule has 4 rings (SSSR count). The lowest BCUT2D eigenvalue weighted by molar-refractivity contribution is 0.100. The second-order valence-electron chi connectivity index (χ2n) is 6.19. The van der Waals surface area contributed by atoms with Gasteiger partial charge in [0.2, 0.25) is 0 Å². The number of carbonyl (C=O) groups excluding carboxylic acids is 1. The van der Waals surface area contributed by atoms with Gasteiger partial charge < -0.3 is 4.90 Å². The van der Waals surface area contributed by atoms with Crippen molar-refractivity contribution in [3.8, 4) is 0 Å². The highest BCUT2D eigenvalue weighted by atomic mass is 32.2. The average molecular weight is 390 g/mol. The lowest BCUT2D eigenvalue weighted by Crippen LogP contribution is -2.38. The van der Waals surface area contributed by atoms with Gasteiger partial charge in [0.1, 0.15) is 5.82 Å². The fourth-order valence-corrected chi connectivity index (χ4v) is 7.13. The molecule has 2 heterocycles. The zero-order valence-electron chi connectivity index (χ0n) is 13.6. The molecule has 0 bridgehead atoms. The SMILES string of the molecule is O=C(N=C1S[C@@H]2CS(=O)(=O)C[C@@H]2N1c1ccccc1F)c1ccccc1. The number of nitrogens with zero attached hydrogens (tertiary/aromatic N) is 2. The third kappa shape index (κ3) is 3.14. The summed E-state index contributed by atoms with van der Waals surface area (Å²) in [6, 6.07) is 14.3. The molecule has 2 saturated heterocycles. The first kappa shape index (κ1) is 17.2. The molecule has 0 N–H and O–H groups in total. The molecular formula is C18H15FN2O3S2. The van der Waals surface area contributed by atoms with E-state index >= 15 is 0 Å². The van der Waals surface area contributed by atoms with Crippen LogP contribution < -0.4 is 4.90 Å². The molecule has 1 amide bonds. The van der Waals surface area contributed by atoms with E-state index in [1.54, 1.807) is 53.4 Å². The zero-order valence-corrected chi connectivity index (χ0v) is 15.2. The first-order valence-electron chi connectivity index (χ1n) is 8.03. The fraction of sp³-hybridized carbons (Fsp3) is 0.222. The Hall–Kier alpha value is -2.19. The number of amidine groups is 1. The molecule has 2 aromatic rings. The Morgan fingerprint density at radius 1 is 1.08 bits per heavy atom. The number of hydrogen-bond acceptors (Lipinski definition) is 4. The number of anilines is 1. The molecule has 8 heteroatoms. The zero-order chi connectivity index (χ0) is 18.3. The third-order valence-corrected chi connectivity index (χ3v) is 7.61. The summed E-state index contributed by atoms with van der Waals surface area (Å²) in [6.45, 7) is 0. The van der Waals surface area contributed by atoms with Crippen molar-refractivity contribution in [2.75, 3.05) is 16.4 Å². The quantitative estimate of drug-likeness (QED) is 0.789. The van der Waals surface area contributed by atoms with Crippen molar-refractivity contribution in [3.63, 3.8) is 0 Å². The summed E-state index contributed by atoms with van der Waals surface area (Å²) < 4.78 is 38.4. The number of amides is 1. The first-order chi connectivity index (χ1) is 12.4. The van der Waals surface area contributed by atoms with Crippen molar-refractivity contribution in [2.45, 2.75) is 11.3 Å². The van der Waals surface area contributed by atoms with Gasteiger partial charge in [0.25, 0.3) is 5.91 Å². The molecule has 2 aliphatic rings. The Bertz CT molecular complexity index is 993. The van der Waals surface area contributed by atoms with Crippen LogP contribution in [0.5, 0.6) is 0 Å². The van der Waals surface area contributed by atoms with Gasteiger partial charge in [-0.1, -0.05) is 42.1 Å². The van der Waals surface area contributed by atoms with Gasteiger partial charge >= 0.3 is 0 Å². The van der Waals surface area contributed by atoms with Gasteiger partial charge in [-0.15, -0.1) is 0 Å². The molecular weight excluding hydrogens is 375 g/mol. The van der Waals surface area contributed by atoms with Crippen molar-refractivity contribution in [3.05, 3.63) is 66.0 Å². The fourth-order valence-electron chi connectivity index (χ4n) is 3.23. The number of hydrogen-bond donors (Lipinski definition) is 0. The molecule has 0 saturated carbocycles. The average Bonchev–Trinajstić information content (AvgIpc) is 3.07. The van der Waals surface area contributed by atoms with Crippen molar-refractivity contribution in [2.24, 2.45) is 4.99 Å². The standard InChI is InChI=1S/C18H15FN2O3S2/c19-13-8-4-5-9-14(13)21-15-10-26(23,24)11-16(15)25-18(21)20-17(22)12-6-2-1-3-7-12/h1-9,15-16H,10-11H2/t15-,16+/m0/s1. The number of fused-ring (bicyclic) bond motifs is 1. The van der Waals surface area contributed by atoms with Crippen LogP contribution >= 0.6 is 11.8 Å². The van der Waals surface area contributed by atoms with E-state index in [9.17, 15) is 17.6 Å². The van der Waals surface area contributed by atoms with Gasteiger partial charge in [-0.05, 0) is 24.3 Å². The van der Waals surface area contributed by atoms with Crippen LogP contribution in [0.15, 0.2) is 59.6 Å². The number of rotatable bonds is 2. The highest BCUT2D eigenvalue weighted by molar-refractivity contribution is 8.16. The van der Waals surface area contributed by atoms with Crippen LogP contribution in [-0.4, -0.2) is 42.3 Å². The summed E-state index contributed by atoms with van der Waals surface area (Å²) in [4.78, 5) is 18.2. The highest BCUT2D eigenvalue weighted by Crippen LogP contribution is 2.41. The molecule has 5 nitrogen and oxygen atoms in total. The molecule has 0 aromatic heterocycles. The maximum Gasteiger partial charge on any atom is 0.279 e. The Morgan fingerprint density at radius 2 is 1.77 bits per heavy atom. The third-order valence-electron chi connectivity index (χ3n) is 4.40. The van der Waals surface area contributed by atoms with E-state index in [1.165, 1.54) is 17.8 Å². The first-order valence-corrected chi connectivity index (χ1v) is 10.7. The van der Waals surface area contributed by atoms with E-state index in [2.05, 4.69) is 4.99 Å². The van der Waals surface area contributed by atoms with Crippen LogP contribution in [0, 0.1) is 5.82 Å². The second kappa shape index (κ2) is 6.51. The number of thioether (sulfide) groups is 1. The van der Waals surface area contributed by atoms with Crippen LogP contribution in [0.4, 0.5) is 10.1 Å². The van der Waals surface area contributed by atoms with Gasteiger partial charge in [0, 0.05) is 10.8 Å². The van der Waals surface area contributed by atoms with Gasteiger partial charge in [0.05, 0.1) is 23.2 Å². The molecule has 2 aliphatic heterocycles. The smallest absolute Gasteiger partial charge is 0.279 e. The molecule has 0 unspecified atom stereocenters. The summed E-state index contributed by atoms with van der Waals surface area (Å²) in [6.07, 6.45) is 0. The molecule has 2 atom stereocenters. The molecule has 2 aromatic carbocycles. The van der Waals surface area contributed by atoms with Crippen molar-refractivity contribution >= 4 is 38.4 Å². The van der Waals surface area contributed by atoms with E-state index < -0.39 is 27.6 Å². The molecule has 0 spiro atoms. The number of para-hydroxylation sites is 1. The van der Waals surface area contributed by atoms with Gasteiger partial charge in [-0.3, -0.25) is 4.79 Å². The number of carbonyl (C=O) groups is 1. The van der Waals surface area contributed by atoms with Crippen LogP contribution in [0.3, 0.4) is 0 Å². The highest BCUT2D eigenvalue weighted by Gasteiger charge is 2.49. The van der Waals surface area contributed by atoms with Crippen molar-refractivity contribution in [1.82, 2.24) is 0 Å². The van der Waals surface area contributed by atoms with Gasteiger partial charge in [0.15, 0.2) is 15.0 Å². The lowest BCUT2D eigenvalue weighted by Gasteiger charge is -2.24. The molecule has 26 heavy (non-hydrogen) atoms. The van der Waals surface area contributed by atoms with Crippen LogP contribution in [-0.2, 0) is 9.84 Å². The number of benzene rings is 2. The molecule has 0 radical (unpaired) electrons. The van der Waals surface area contributed by atoms with E-state index in [0.717, 1.165) is 0 Å².